The fourth-order valence-corrected chi connectivity index (χ4v) is 7.07. The second-order valence-electron chi connectivity index (χ2n) is 8.80. The van der Waals surface area contributed by atoms with E-state index in [0.717, 1.165) is 30.6 Å². The number of rotatable bonds is 19. The van der Waals surface area contributed by atoms with E-state index in [-0.39, 0.29) is 5.97 Å². The first-order valence-electron chi connectivity index (χ1n) is 11.8. The number of ether oxygens (including phenoxy) is 1. The molecule has 1 atom stereocenters. The van der Waals surface area contributed by atoms with Crippen LogP contribution in [0, 0.1) is 11.8 Å². The van der Waals surface area contributed by atoms with E-state index >= 15 is 0 Å². The molecule has 0 aliphatic heterocycles. The van der Waals surface area contributed by atoms with Gasteiger partial charge < -0.3 is 18.0 Å². The minimum atomic E-state index is -2.60. The van der Waals surface area contributed by atoms with Gasteiger partial charge >= 0.3 is 14.8 Å². The molecule has 0 aliphatic carbocycles. The van der Waals surface area contributed by atoms with Gasteiger partial charge in [0.15, 0.2) is 0 Å². The van der Waals surface area contributed by atoms with E-state index in [1.54, 1.807) is 11.8 Å². The van der Waals surface area contributed by atoms with Crippen LogP contribution in [0.5, 0.6) is 0 Å². The maximum absolute atomic E-state index is 12.5. The summed E-state index contributed by atoms with van der Waals surface area (Å²) in [6.45, 7) is 18.9. The number of carbonyl (C=O) groups is 1. The minimum Gasteiger partial charge on any atom is -0.465 e. The van der Waals surface area contributed by atoms with Crippen molar-refractivity contribution in [2.24, 2.45) is 11.8 Å². The molecule has 5 nitrogen and oxygen atoms in total. The molecule has 0 bridgehead atoms. The van der Waals surface area contributed by atoms with Gasteiger partial charge in [-0.05, 0) is 65.0 Å². The summed E-state index contributed by atoms with van der Waals surface area (Å²) >= 11 is 1.64. The van der Waals surface area contributed by atoms with Gasteiger partial charge in [-0.15, -0.1) is 11.8 Å². The Hall–Kier alpha value is -0.0831. The van der Waals surface area contributed by atoms with Crippen molar-refractivity contribution in [1.29, 1.82) is 0 Å². The van der Waals surface area contributed by atoms with E-state index in [1.807, 2.05) is 34.6 Å². The largest absolute Gasteiger partial charge is 0.500 e. The van der Waals surface area contributed by atoms with Crippen LogP contribution in [0.4, 0.5) is 0 Å². The van der Waals surface area contributed by atoms with Gasteiger partial charge in [0.25, 0.3) is 0 Å². The van der Waals surface area contributed by atoms with Gasteiger partial charge in [0, 0.05) is 25.9 Å². The molecule has 1 unspecified atom stereocenters. The average molecular weight is 465 g/mol. The maximum Gasteiger partial charge on any atom is 0.500 e. The molecule has 0 rings (SSSR count). The van der Waals surface area contributed by atoms with Gasteiger partial charge in [-0.3, -0.25) is 4.79 Å². The highest BCUT2D eigenvalue weighted by atomic mass is 32.2. The average Bonchev–Trinajstić information content (AvgIpc) is 2.65. The van der Waals surface area contributed by atoms with Crippen molar-refractivity contribution >= 4 is 26.5 Å². The molecule has 0 aromatic heterocycles. The highest BCUT2D eigenvalue weighted by molar-refractivity contribution is 8.01. The molecule has 0 saturated carbocycles. The van der Waals surface area contributed by atoms with E-state index in [4.69, 9.17) is 18.0 Å². The van der Waals surface area contributed by atoms with Crippen molar-refractivity contribution in [3.05, 3.63) is 0 Å². The Balaban J connectivity index is 4.28. The van der Waals surface area contributed by atoms with Crippen LogP contribution in [0.25, 0.3) is 0 Å². The first-order chi connectivity index (χ1) is 14.1. The summed E-state index contributed by atoms with van der Waals surface area (Å²) in [5, 5.41) is 0. The third-order valence-corrected chi connectivity index (χ3v) is 9.53. The molecule has 0 radical (unpaired) electrons. The number of esters is 1. The Bertz CT molecular complexity index is 428. The van der Waals surface area contributed by atoms with Gasteiger partial charge in [-0.25, -0.2) is 0 Å². The van der Waals surface area contributed by atoms with Crippen molar-refractivity contribution in [3.8, 4) is 0 Å². The van der Waals surface area contributed by atoms with Crippen LogP contribution >= 0.6 is 11.8 Å². The smallest absolute Gasteiger partial charge is 0.465 e. The second kappa shape index (κ2) is 16.5. The molecule has 0 aliphatic rings. The summed E-state index contributed by atoms with van der Waals surface area (Å²) in [5.41, 5.74) is 0. The van der Waals surface area contributed by atoms with Crippen molar-refractivity contribution in [2.45, 2.75) is 98.3 Å². The van der Waals surface area contributed by atoms with E-state index in [1.165, 1.54) is 19.3 Å². The Morgan fingerprint density at radius 1 is 0.900 bits per heavy atom. The molecular formula is C23H48O5SSi. The Morgan fingerprint density at radius 3 is 1.97 bits per heavy atom. The summed E-state index contributed by atoms with van der Waals surface area (Å²) in [4.78, 5) is 12.5. The highest BCUT2D eigenvalue weighted by Gasteiger charge is 2.40. The van der Waals surface area contributed by atoms with Gasteiger partial charge in [0.1, 0.15) is 4.75 Å². The zero-order valence-corrected chi connectivity index (χ0v) is 22.7. The van der Waals surface area contributed by atoms with E-state index in [2.05, 4.69) is 20.8 Å². The monoisotopic (exact) mass is 464 g/mol. The predicted molar refractivity (Wildman–Crippen MR) is 130 cm³/mol. The lowest BCUT2D eigenvalue weighted by atomic mass is 9.98. The minimum absolute atomic E-state index is 0.121. The van der Waals surface area contributed by atoms with E-state index in [9.17, 15) is 4.79 Å². The van der Waals surface area contributed by atoms with E-state index in [0.29, 0.717) is 32.3 Å². The van der Waals surface area contributed by atoms with Crippen molar-refractivity contribution in [3.63, 3.8) is 0 Å². The fraction of sp³-hybridized carbons (Fsp3) is 0.957. The molecule has 0 aromatic carbocycles. The zero-order chi connectivity index (χ0) is 23.0. The summed E-state index contributed by atoms with van der Waals surface area (Å²) in [6.07, 6.45) is 5.56. The lowest BCUT2D eigenvalue weighted by molar-refractivity contribution is -0.146. The Morgan fingerprint density at radius 2 is 1.47 bits per heavy atom. The van der Waals surface area contributed by atoms with Crippen molar-refractivity contribution in [2.75, 3.05) is 32.2 Å². The first kappa shape index (κ1) is 29.9. The van der Waals surface area contributed by atoms with Crippen molar-refractivity contribution in [1.82, 2.24) is 0 Å². The fourth-order valence-electron chi connectivity index (χ4n) is 3.22. The lowest BCUT2D eigenvalue weighted by Gasteiger charge is -2.29. The quantitative estimate of drug-likeness (QED) is 0.126. The number of carbonyl (C=O) groups excluding carboxylic acids is 1. The summed E-state index contributed by atoms with van der Waals surface area (Å²) in [7, 11) is -2.60. The first-order valence-corrected chi connectivity index (χ1v) is 14.8. The Labute approximate surface area is 191 Å². The standard InChI is InChI=1S/C23H48O5SSi/c1-9-26-30(27-10-2,28-11-3)19-13-18-29-23(7,8)22(24)25-17-16-21(6)15-12-14-20(4)5/h20-21H,9-19H2,1-8H3. The third-order valence-electron chi connectivity index (χ3n) is 5.00. The maximum atomic E-state index is 12.5. The van der Waals surface area contributed by atoms with Gasteiger partial charge in [-0.2, -0.15) is 0 Å². The normalized spacial score (nSPS) is 13.6. The molecule has 7 heteroatoms. The number of hydrogen-bond acceptors (Lipinski definition) is 6. The molecule has 0 spiro atoms. The van der Waals surface area contributed by atoms with Crippen LogP contribution in [0.1, 0.15) is 87.5 Å². The molecule has 30 heavy (non-hydrogen) atoms. The van der Waals surface area contributed by atoms with Crippen molar-refractivity contribution < 1.29 is 22.8 Å². The zero-order valence-electron chi connectivity index (χ0n) is 20.9. The Kier molecular flexibility index (Phi) is 16.5. The van der Waals surface area contributed by atoms with Crippen LogP contribution in [-0.4, -0.2) is 51.7 Å². The van der Waals surface area contributed by atoms with Crippen LogP contribution in [-0.2, 0) is 22.8 Å². The molecule has 0 saturated heterocycles. The van der Waals surface area contributed by atoms with Gasteiger partial charge in [0.2, 0.25) is 0 Å². The third kappa shape index (κ3) is 13.4. The molecule has 0 aromatic rings. The summed E-state index contributed by atoms with van der Waals surface area (Å²) in [6, 6.07) is 0.772. The summed E-state index contributed by atoms with van der Waals surface area (Å²) < 4.78 is 22.7. The predicted octanol–water partition coefficient (Wildman–Crippen LogP) is 6.33. The van der Waals surface area contributed by atoms with E-state index < -0.39 is 13.6 Å². The molecule has 0 fully saturated rings. The topological polar surface area (TPSA) is 54.0 Å². The number of thioether (sulfide) groups is 1. The molecular weight excluding hydrogens is 416 g/mol. The SMILES string of the molecule is CCO[Si](CCCSC(C)(C)C(=O)OCCC(C)CCCC(C)C)(OCC)OCC. The molecule has 0 amide bonds. The second-order valence-corrected chi connectivity index (χ2v) is 13.2. The van der Waals surface area contributed by atoms with Gasteiger partial charge in [0.05, 0.1) is 6.61 Å². The van der Waals surface area contributed by atoms with Crippen LogP contribution < -0.4 is 0 Å². The molecule has 0 N–H and O–H groups in total. The van der Waals surface area contributed by atoms with Crippen LogP contribution in [0.2, 0.25) is 6.04 Å². The summed E-state index contributed by atoms with van der Waals surface area (Å²) in [5.74, 6) is 2.08. The van der Waals surface area contributed by atoms with Crippen LogP contribution in [0.15, 0.2) is 0 Å². The lowest BCUT2D eigenvalue weighted by Crippen LogP contribution is -2.46. The highest BCUT2D eigenvalue weighted by Crippen LogP contribution is 2.29. The number of hydrogen-bond donors (Lipinski definition) is 0. The molecule has 0 heterocycles. The van der Waals surface area contributed by atoms with Crippen LogP contribution in [0.3, 0.4) is 0 Å². The molecule has 180 valence electrons. The van der Waals surface area contributed by atoms with Gasteiger partial charge in [-0.1, -0.05) is 40.0 Å².